The van der Waals surface area contributed by atoms with Crippen molar-refractivity contribution in [3.63, 3.8) is 0 Å². The average Bonchev–Trinajstić information content (AvgIpc) is 2.46. The lowest BCUT2D eigenvalue weighted by Gasteiger charge is -2.07. The Balaban J connectivity index is 2.10. The summed E-state index contributed by atoms with van der Waals surface area (Å²) in [6.45, 7) is 2.76. The van der Waals surface area contributed by atoms with Crippen LogP contribution in [0, 0.1) is 0 Å². The van der Waals surface area contributed by atoms with E-state index in [-0.39, 0.29) is 11.5 Å². The summed E-state index contributed by atoms with van der Waals surface area (Å²) in [5, 5.41) is 19.0. The summed E-state index contributed by atoms with van der Waals surface area (Å²) in [7, 11) is 0. The van der Waals surface area contributed by atoms with Crippen LogP contribution in [-0.4, -0.2) is 16.8 Å². The molecule has 2 N–H and O–H groups in total. The summed E-state index contributed by atoms with van der Waals surface area (Å²) >= 11 is 0. The molecule has 0 radical (unpaired) electrons. The lowest BCUT2D eigenvalue weighted by Crippen LogP contribution is -1.96. The van der Waals surface area contributed by atoms with Crippen molar-refractivity contribution in [2.24, 2.45) is 0 Å². The Bertz CT molecular complexity index is 600. The number of phenols is 2. The van der Waals surface area contributed by atoms with Gasteiger partial charge in [-0.3, -0.25) is 0 Å². The van der Waals surface area contributed by atoms with E-state index in [0.29, 0.717) is 12.4 Å². The van der Waals surface area contributed by atoms with Crippen LogP contribution in [0.25, 0.3) is 12.2 Å². The van der Waals surface area contributed by atoms with Gasteiger partial charge < -0.3 is 14.9 Å². The second-order valence-electron chi connectivity index (χ2n) is 4.89. The monoisotopic (exact) mass is 284 g/mol. The van der Waals surface area contributed by atoms with Crippen molar-refractivity contribution >= 4 is 12.2 Å². The van der Waals surface area contributed by atoms with Crippen LogP contribution >= 0.6 is 0 Å². The van der Waals surface area contributed by atoms with E-state index in [1.165, 1.54) is 0 Å². The van der Waals surface area contributed by atoms with E-state index in [2.05, 4.69) is 6.92 Å². The minimum Gasteiger partial charge on any atom is -0.508 e. The quantitative estimate of drug-likeness (QED) is 0.608. The van der Waals surface area contributed by atoms with Gasteiger partial charge in [-0.05, 0) is 41.8 Å². The molecule has 0 unspecified atom stereocenters. The fourth-order valence-corrected chi connectivity index (χ4v) is 1.90. The zero-order chi connectivity index (χ0) is 15.1. The molecule has 0 aromatic heterocycles. The van der Waals surface area contributed by atoms with E-state index in [0.717, 1.165) is 24.0 Å². The van der Waals surface area contributed by atoms with Gasteiger partial charge in [-0.1, -0.05) is 37.6 Å². The summed E-state index contributed by atoms with van der Waals surface area (Å²) in [6.07, 6.45) is 5.89. The topological polar surface area (TPSA) is 49.7 Å². The lowest BCUT2D eigenvalue weighted by atomic mass is 10.1. The largest absolute Gasteiger partial charge is 0.508 e. The number of aromatic hydroxyl groups is 2. The summed E-state index contributed by atoms with van der Waals surface area (Å²) in [5.74, 6) is 1.11. The molecule has 0 aliphatic carbocycles. The second kappa shape index (κ2) is 7.39. The van der Waals surface area contributed by atoms with Crippen LogP contribution in [-0.2, 0) is 0 Å². The van der Waals surface area contributed by atoms with Gasteiger partial charge in [0.15, 0.2) is 0 Å². The van der Waals surface area contributed by atoms with Gasteiger partial charge in [0.2, 0.25) is 0 Å². The molecule has 0 atom stereocenters. The predicted octanol–water partition coefficient (Wildman–Crippen LogP) is 4.45. The SMILES string of the molecule is CCCCOc1cc(O)cc(/C=C/c2ccc(O)cc2)c1. The van der Waals surface area contributed by atoms with Crippen LogP contribution in [0.3, 0.4) is 0 Å². The molecular formula is C18H20O3. The number of ether oxygens (including phenoxy) is 1. The fourth-order valence-electron chi connectivity index (χ4n) is 1.90. The standard InChI is InChI=1S/C18H20O3/c1-2-3-10-21-18-12-15(11-17(20)13-18)5-4-14-6-8-16(19)9-7-14/h4-9,11-13,19-20H,2-3,10H2,1H3/b5-4+. The highest BCUT2D eigenvalue weighted by Gasteiger charge is 1.99. The Morgan fingerprint density at radius 3 is 2.33 bits per heavy atom. The van der Waals surface area contributed by atoms with Crippen molar-refractivity contribution in [2.45, 2.75) is 19.8 Å². The summed E-state index contributed by atoms with van der Waals surface area (Å²) in [4.78, 5) is 0. The maximum atomic E-state index is 9.74. The van der Waals surface area contributed by atoms with Crippen LogP contribution in [0.15, 0.2) is 42.5 Å². The van der Waals surface area contributed by atoms with Crippen molar-refractivity contribution in [1.29, 1.82) is 0 Å². The van der Waals surface area contributed by atoms with Crippen LogP contribution in [0.5, 0.6) is 17.2 Å². The van der Waals surface area contributed by atoms with Gasteiger partial charge in [0.25, 0.3) is 0 Å². The van der Waals surface area contributed by atoms with Gasteiger partial charge in [-0.15, -0.1) is 0 Å². The maximum Gasteiger partial charge on any atom is 0.123 e. The first-order chi connectivity index (χ1) is 10.2. The van der Waals surface area contributed by atoms with Crippen molar-refractivity contribution in [1.82, 2.24) is 0 Å². The van der Waals surface area contributed by atoms with E-state index in [1.54, 1.807) is 24.3 Å². The average molecular weight is 284 g/mol. The highest BCUT2D eigenvalue weighted by atomic mass is 16.5. The minimum atomic E-state index is 0.189. The van der Waals surface area contributed by atoms with Crippen molar-refractivity contribution < 1.29 is 14.9 Å². The van der Waals surface area contributed by atoms with Gasteiger partial charge in [0.05, 0.1) is 6.61 Å². The molecule has 0 spiro atoms. The number of phenolic OH excluding ortho intramolecular Hbond substituents is 2. The molecular weight excluding hydrogens is 264 g/mol. The fraction of sp³-hybridized carbons (Fsp3) is 0.222. The number of hydrogen-bond acceptors (Lipinski definition) is 3. The molecule has 0 aliphatic heterocycles. The summed E-state index contributed by atoms with van der Waals surface area (Å²) in [5.41, 5.74) is 1.85. The molecule has 110 valence electrons. The summed E-state index contributed by atoms with van der Waals surface area (Å²) in [6, 6.07) is 12.1. The van der Waals surface area contributed by atoms with Crippen LogP contribution in [0.4, 0.5) is 0 Å². The third-order valence-electron chi connectivity index (χ3n) is 3.04. The molecule has 0 saturated heterocycles. The van der Waals surface area contributed by atoms with Gasteiger partial charge in [-0.25, -0.2) is 0 Å². The molecule has 0 fully saturated rings. The molecule has 21 heavy (non-hydrogen) atoms. The van der Waals surface area contributed by atoms with Crippen LogP contribution < -0.4 is 4.74 Å². The molecule has 3 heteroatoms. The Morgan fingerprint density at radius 2 is 1.62 bits per heavy atom. The van der Waals surface area contributed by atoms with E-state index in [1.807, 2.05) is 30.4 Å². The normalized spacial score (nSPS) is 10.9. The van der Waals surface area contributed by atoms with E-state index in [9.17, 15) is 10.2 Å². The van der Waals surface area contributed by atoms with E-state index < -0.39 is 0 Å². The van der Waals surface area contributed by atoms with Crippen molar-refractivity contribution in [3.05, 3.63) is 53.6 Å². The predicted molar refractivity (Wildman–Crippen MR) is 85.5 cm³/mol. The number of hydrogen-bond donors (Lipinski definition) is 2. The Hall–Kier alpha value is -2.42. The number of benzene rings is 2. The zero-order valence-corrected chi connectivity index (χ0v) is 12.1. The smallest absolute Gasteiger partial charge is 0.123 e. The van der Waals surface area contributed by atoms with Gasteiger partial charge in [0, 0.05) is 6.07 Å². The highest BCUT2D eigenvalue weighted by molar-refractivity contribution is 5.71. The van der Waals surface area contributed by atoms with Crippen molar-refractivity contribution in [2.75, 3.05) is 6.61 Å². The molecule has 0 amide bonds. The second-order valence-corrected chi connectivity index (χ2v) is 4.89. The molecule has 0 saturated carbocycles. The Labute approximate surface area is 125 Å². The Kier molecular flexibility index (Phi) is 5.27. The van der Waals surface area contributed by atoms with Gasteiger partial charge in [-0.2, -0.15) is 0 Å². The van der Waals surface area contributed by atoms with Gasteiger partial charge >= 0.3 is 0 Å². The first-order valence-corrected chi connectivity index (χ1v) is 7.11. The molecule has 3 nitrogen and oxygen atoms in total. The zero-order valence-electron chi connectivity index (χ0n) is 12.1. The lowest BCUT2D eigenvalue weighted by molar-refractivity contribution is 0.307. The molecule has 0 heterocycles. The first kappa shape index (κ1) is 15.0. The molecule has 2 aromatic carbocycles. The molecule has 0 bridgehead atoms. The van der Waals surface area contributed by atoms with E-state index in [4.69, 9.17) is 4.74 Å². The van der Waals surface area contributed by atoms with Gasteiger partial charge in [0.1, 0.15) is 17.2 Å². The van der Waals surface area contributed by atoms with Crippen LogP contribution in [0.1, 0.15) is 30.9 Å². The molecule has 2 aromatic rings. The molecule has 0 aliphatic rings. The summed E-state index contributed by atoms with van der Waals surface area (Å²) < 4.78 is 5.61. The third kappa shape index (κ3) is 4.88. The number of unbranched alkanes of at least 4 members (excludes halogenated alkanes) is 1. The number of rotatable bonds is 6. The van der Waals surface area contributed by atoms with E-state index >= 15 is 0 Å². The Morgan fingerprint density at radius 1 is 0.905 bits per heavy atom. The highest BCUT2D eigenvalue weighted by Crippen LogP contribution is 2.23. The van der Waals surface area contributed by atoms with Crippen molar-refractivity contribution in [3.8, 4) is 17.2 Å². The maximum absolute atomic E-state index is 9.74. The van der Waals surface area contributed by atoms with Crippen LogP contribution in [0.2, 0.25) is 0 Å². The molecule has 2 rings (SSSR count). The first-order valence-electron chi connectivity index (χ1n) is 7.11. The third-order valence-corrected chi connectivity index (χ3v) is 3.04. The minimum absolute atomic E-state index is 0.189.